The first-order valence-corrected chi connectivity index (χ1v) is 11.2. The summed E-state index contributed by atoms with van der Waals surface area (Å²) in [6.45, 7) is 1.42. The molecule has 2 aliphatic heterocycles. The maximum absolute atomic E-state index is 12.1. The van der Waals surface area contributed by atoms with Gasteiger partial charge in [-0.1, -0.05) is 12.1 Å². The number of benzene rings is 1. The Balaban J connectivity index is 1.50. The average molecular weight is 412 g/mol. The van der Waals surface area contributed by atoms with Gasteiger partial charge in [-0.2, -0.15) is 0 Å². The van der Waals surface area contributed by atoms with E-state index in [0.717, 1.165) is 4.90 Å². The van der Waals surface area contributed by atoms with E-state index in [2.05, 4.69) is 10.6 Å². The first-order valence-electron chi connectivity index (χ1n) is 8.50. The van der Waals surface area contributed by atoms with Gasteiger partial charge in [-0.05, 0) is 25.5 Å². The van der Waals surface area contributed by atoms with Crippen LogP contribution in [0, 0.1) is 0 Å². The van der Waals surface area contributed by atoms with E-state index in [1.165, 1.54) is 18.7 Å². The van der Waals surface area contributed by atoms with Gasteiger partial charge in [0.05, 0.1) is 28.9 Å². The highest BCUT2D eigenvalue weighted by Gasteiger charge is 2.32. The lowest BCUT2D eigenvalue weighted by molar-refractivity contribution is -0.155. The van der Waals surface area contributed by atoms with Crippen molar-refractivity contribution in [1.29, 1.82) is 0 Å². The summed E-state index contributed by atoms with van der Waals surface area (Å²) in [6, 6.07) is 6.83. The van der Waals surface area contributed by atoms with Crippen LogP contribution in [0.15, 0.2) is 29.2 Å². The van der Waals surface area contributed by atoms with E-state index in [9.17, 15) is 22.8 Å². The molecule has 3 unspecified atom stereocenters. The average Bonchev–Trinajstić information content (AvgIpc) is 2.94. The first-order chi connectivity index (χ1) is 12.7. The Morgan fingerprint density at radius 3 is 2.81 bits per heavy atom. The lowest BCUT2D eigenvalue weighted by Gasteiger charge is -2.24. The number of esters is 1. The van der Waals surface area contributed by atoms with Crippen LogP contribution in [0.3, 0.4) is 0 Å². The minimum absolute atomic E-state index is 0.0433. The number of para-hydroxylation sites is 1. The molecule has 2 aliphatic rings. The predicted octanol–water partition coefficient (Wildman–Crippen LogP) is 0.725. The quantitative estimate of drug-likeness (QED) is 0.684. The van der Waals surface area contributed by atoms with E-state index in [1.807, 2.05) is 18.2 Å². The number of amides is 2. The van der Waals surface area contributed by atoms with Gasteiger partial charge in [0.15, 0.2) is 15.9 Å². The van der Waals surface area contributed by atoms with E-state index in [-0.39, 0.29) is 23.8 Å². The summed E-state index contributed by atoms with van der Waals surface area (Å²) < 4.78 is 28.0. The zero-order valence-corrected chi connectivity index (χ0v) is 16.3. The van der Waals surface area contributed by atoms with Crippen molar-refractivity contribution < 1.29 is 27.5 Å². The van der Waals surface area contributed by atoms with Crippen molar-refractivity contribution in [2.75, 3.05) is 16.8 Å². The molecule has 1 saturated heterocycles. The van der Waals surface area contributed by atoms with Crippen LogP contribution < -0.4 is 10.6 Å². The molecule has 10 heteroatoms. The van der Waals surface area contributed by atoms with Gasteiger partial charge >= 0.3 is 5.97 Å². The smallest absolute Gasteiger partial charge is 0.308 e. The second-order valence-corrected chi connectivity index (χ2v) is 10.0. The molecule has 0 saturated carbocycles. The Morgan fingerprint density at radius 2 is 2.11 bits per heavy atom. The van der Waals surface area contributed by atoms with Crippen LogP contribution in [0.4, 0.5) is 5.69 Å². The van der Waals surface area contributed by atoms with Crippen molar-refractivity contribution in [3.05, 3.63) is 24.3 Å². The number of nitrogens with one attached hydrogen (secondary N) is 2. The molecule has 3 atom stereocenters. The van der Waals surface area contributed by atoms with E-state index >= 15 is 0 Å². The molecule has 146 valence electrons. The molecule has 2 N–H and O–H groups in total. The van der Waals surface area contributed by atoms with E-state index in [4.69, 9.17) is 4.74 Å². The van der Waals surface area contributed by atoms with Gasteiger partial charge in [0.25, 0.3) is 5.91 Å². The molecule has 0 spiro atoms. The summed E-state index contributed by atoms with van der Waals surface area (Å²) in [6.07, 6.45) is -0.877. The van der Waals surface area contributed by atoms with Crippen LogP contribution in [0.2, 0.25) is 0 Å². The summed E-state index contributed by atoms with van der Waals surface area (Å²) >= 11 is 1.27. The molecule has 3 rings (SSSR count). The van der Waals surface area contributed by atoms with Gasteiger partial charge in [0.2, 0.25) is 5.91 Å². The molecular formula is C17H20N2O6S2. The van der Waals surface area contributed by atoms with Gasteiger partial charge in [-0.25, -0.2) is 8.42 Å². The predicted molar refractivity (Wildman–Crippen MR) is 100 cm³/mol. The third-order valence-corrected chi connectivity index (χ3v) is 7.36. The summed E-state index contributed by atoms with van der Waals surface area (Å²) in [5, 5.41) is 4.69. The molecule has 1 fully saturated rings. The third kappa shape index (κ3) is 5.01. The van der Waals surface area contributed by atoms with E-state index < -0.39 is 39.1 Å². The minimum atomic E-state index is -3.11. The molecule has 0 aliphatic carbocycles. The number of rotatable bonds is 5. The normalized spacial score (nSPS) is 24.4. The summed E-state index contributed by atoms with van der Waals surface area (Å²) in [7, 11) is -3.11. The number of thioether (sulfide) groups is 1. The SMILES string of the molecule is CC(OC(=O)CC1Sc2ccccc2NC1=O)C(=O)NC1CCS(=O)(=O)C1. The van der Waals surface area contributed by atoms with Crippen molar-refractivity contribution in [3.8, 4) is 0 Å². The lowest BCUT2D eigenvalue weighted by Crippen LogP contribution is -2.43. The molecule has 2 heterocycles. The fourth-order valence-corrected chi connectivity index (χ4v) is 5.67. The molecule has 27 heavy (non-hydrogen) atoms. The van der Waals surface area contributed by atoms with E-state index in [1.54, 1.807) is 6.07 Å². The summed E-state index contributed by atoms with van der Waals surface area (Å²) in [4.78, 5) is 37.2. The molecular weight excluding hydrogens is 392 g/mol. The van der Waals surface area contributed by atoms with Gasteiger partial charge in [0, 0.05) is 10.9 Å². The molecule has 1 aromatic rings. The summed E-state index contributed by atoms with van der Waals surface area (Å²) in [5.41, 5.74) is 0.705. The zero-order valence-electron chi connectivity index (χ0n) is 14.6. The van der Waals surface area contributed by atoms with Gasteiger partial charge < -0.3 is 15.4 Å². The van der Waals surface area contributed by atoms with E-state index in [0.29, 0.717) is 12.1 Å². The number of carbonyl (C=O) groups excluding carboxylic acids is 3. The van der Waals surface area contributed by atoms with Crippen molar-refractivity contribution in [1.82, 2.24) is 5.32 Å². The minimum Gasteiger partial charge on any atom is -0.453 e. The third-order valence-electron chi connectivity index (χ3n) is 4.31. The molecule has 0 radical (unpaired) electrons. The molecule has 0 aromatic heterocycles. The molecule has 0 bridgehead atoms. The topological polar surface area (TPSA) is 119 Å². The van der Waals surface area contributed by atoms with Gasteiger partial charge in [0.1, 0.15) is 0 Å². The standard InChI is InChI=1S/C17H20N2O6S2/c1-10(16(21)18-11-6-7-27(23,24)9-11)25-15(20)8-14-17(22)19-12-4-2-3-5-13(12)26-14/h2-5,10-11,14H,6-9H2,1H3,(H,18,21)(H,19,22). The largest absolute Gasteiger partial charge is 0.453 e. The highest BCUT2D eigenvalue weighted by Crippen LogP contribution is 2.36. The number of fused-ring (bicyclic) bond motifs is 1. The first kappa shape index (κ1) is 19.7. The Hall–Kier alpha value is -2.07. The van der Waals surface area contributed by atoms with Crippen molar-refractivity contribution >= 4 is 45.1 Å². The highest BCUT2D eigenvalue weighted by atomic mass is 32.2. The van der Waals surface area contributed by atoms with Crippen molar-refractivity contribution in [2.45, 2.75) is 42.1 Å². The second kappa shape index (κ2) is 7.89. The Kier molecular flexibility index (Phi) is 5.75. The number of hydrogen-bond donors (Lipinski definition) is 2. The Labute approximate surface area is 161 Å². The van der Waals surface area contributed by atoms with Crippen molar-refractivity contribution in [2.24, 2.45) is 0 Å². The van der Waals surface area contributed by atoms with Gasteiger partial charge in [-0.3, -0.25) is 14.4 Å². The molecule has 2 amide bonds. The fourth-order valence-electron chi connectivity index (χ4n) is 2.90. The number of ether oxygens (including phenoxy) is 1. The second-order valence-electron chi connectivity index (χ2n) is 6.54. The van der Waals surface area contributed by atoms with Crippen LogP contribution in [0.5, 0.6) is 0 Å². The zero-order chi connectivity index (χ0) is 19.6. The van der Waals surface area contributed by atoms with Crippen LogP contribution in [0.25, 0.3) is 0 Å². The number of sulfone groups is 1. The molecule has 1 aromatic carbocycles. The number of anilines is 1. The number of hydrogen-bond acceptors (Lipinski definition) is 7. The summed E-state index contributed by atoms with van der Waals surface area (Å²) in [5.74, 6) is -1.55. The monoisotopic (exact) mass is 412 g/mol. The van der Waals surface area contributed by atoms with Crippen LogP contribution in [-0.4, -0.2) is 55.1 Å². The van der Waals surface area contributed by atoms with Gasteiger partial charge in [-0.15, -0.1) is 11.8 Å². The highest BCUT2D eigenvalue weighted by molar-refractivity contribution is 8.01. The maximum atomic E-state index is 12.1. The lowest BCUT2D eigenvalue weighted by atomic mass is 10.2. The fraction of sp³-hybridized carbons (Fsp3) is 0.471. The Bertz CT molecular complexity index is 870. The number of carbonyl (C=O) groups is 3. The van der Waals surface area contributed by atoms with Crippen molar-refractivity contribution in [3.63, 3.8) is 0 Å². The van der Waals surface area contributed by atoms with Crippen LogP contribution in [0.1, 0.15) is 19.8 Å². The Morgan fingerprint density at radius 1 is 1.37 bits per heavy atom. The molecule has 8 nitrogen and oxygen atoms in total. The maximum Gasteiger partial charge on any atom is 0.308 e. The van der Waals surface area contributed by atoms with Crippen LogP contribution >= 0.6 is 11.8 Å². The van der Waals surface area contributed by atoms with Crippen LogP contribution in [-0.2, 0) is 29.0 Å².